The van der Waals surface area contributed by atoms with E-state index in [0.717, 1.165) is 18.8 Å². The molecule has 4 N–H and O–H groups in total. The summed E-state index contributed by atoms with van der Waals surface area (Å²) < 4.78 is 0. The van der Waals surface area contributed by atoms with Crippen molar-refractivity contribution in [2.45, 2.75) is 56.4 Å². The van der Waals surface area contributed by atoms with Gasteiger partial charge in [-0.2, -0.15) is 0 Å². The highest BCUT2D eigenvalue weighted by Gasteiger charge is 2.44. The standard InChI is InChI=1S/C14H24ClN5O/c1-3-9-8-19(2)11-12(17-14(15,16)18-13(11)21)20(9)10-6-4-5-7-10/h9-10,17H,3-8,16H2,1-2H3,(H,18,21)/t9?,14-/m0/s1. The number of nitrogens with two attached hydrogens (primary N) is 1. The van der Waals surface area contributed by atoms with Crippen LogP contribution in [0.5, 0.6) is 0 Å². The summed E-state index contributed by atoms with van der Waals surface area (Å²) in [6, 6.07) is 0.849. The van der Waals surface area contributed by atoms with Crippen molar-refractivity contribution >= 4 is 17.5 Å². The van der Waals surface area contributed by atoms with Gasteiger partial charge in [0.05, 0.1) is 0 Å². The minimum atomic E-state index is -1.41. The van der Waals surface area contributed by atoms with Crippen LogP contribution in [-0.2, 0) is 4.79 Å². The van der Waals surface area contributed by atoms with E-state index in [4.69, 9.17) is 17.3 Å². The molecule has 3 rings (SSSR count). The first-order valence-electron chi connectivity index (χ1n) is 7.75. The van der Waals surface area contributed by atoms with Crippen LogP contribution in [0.3, 0.4) is 0 Å². The Balaban J connectivity index is 2.03. The number of carbonyl (C=O) groups excluding carboxylic acids is 1. The second-order valence-corrected chi connectivity index (χ2v) is 6.87. The van der Waals surface area contributed by atoms with E-state index in [2.05, 4.69) is 22.5 Å². The summed E-state index contributed by atoms with van der Waals surface area (Å²) in [4.78, 5) is 16.7. The van der Waals surface area contributed by atoms with Crippen molar-refractivity contribution < 1.29 is 4.79 Å². The fourth-order valence-electron chi connectivity index (χ4n) is 3.80. The van der Waals surface area contributed by atoms with Crippen LogP contribution in [0, 0.1) is 0 Å². The molecule has 0 aromatic rings. The van der Waals surface area contributed by atoms with E-state index >= 15 is 0 Å². The van der Waals surface area contributed by atoms with E-state index in [9.17, 15) is 4.79 Å². The Labute approximate surface area is 130 Å². The third-order valence-electron chi connectivity index (χ3n) is 4.74. The number of likely N-dealkylation sites (N-methyl/N-ethyl adjacent to an activating group) is 1. The van der Waals surface area contributed by atoms with Crippen LogP contribution in [-0.4, -0.2) is 46.6 Å². The van der Waals surface area contributed by atoms with Crippen molar-refractivity contribution in [2.75, 3.05) is 13.6 Å². The van der Waals surface area contributed by atoms with Gasteiger partial charge in [-0.05, 0) is 19.3 Å². The SMILES string of the molecule is CCC1CN(C)C2=C(N[C@@](N)(Cl)NC2=O)N1C1CCCC1. The maximum Gasteiger partial charge on any atom is 0.275 e. The molecule has 0 bridgehead atoms. The van der Waals surface area contributed by atoms with Gasteiger partial charge in [-0.15, -0.1) is 0 Å². The van der Waals surface area contributed by atoms with Gasteiger partial charge < -0.3 is 20.4 Å². The smallest absolute Gasteiger partial charge is 0.275 e. The van der Waals surface area contributed by atoms with Crippen molar-refractivity contribution in [1.82, 2.24) is 20.4 Å². The molecule has 0 aromatic carbocycles. The minimum absolute atomic E-state index is 0.207. The molecule has 1 unspecified atom stereocenters. The van der Waals surface area contributed by atoms with E-state index in [1.807, 2.05) is 11.9 Å². The number of hydrogen-bond donors (Lipinski definition) is 3. The molecule has 1 amide bonds. The van der Waals surface area contributed by atoms with Gasteiger partial charge in [0.2, 0.25) is 5.25 Å². The number of carbonyl (C=O) groups is 1. The fraction of sp³-hybridized carbons (Fsp3) is 0.786. The zero-order chi connectivity index (χ0) is 15.2. The molecule has 2 aliphatic heterocycles. The number of halogens is 1. The van der Waals surface area contributed by atoms with Crippen molar-refractivity contribution in [3.63, 3.8) is 0 Å². The molecule has 0 radical (unpaired) electrons. The van der Waals surface area contributed by atoms with Crippen molar-refractivity contribution in [1.29, 1.82) is 0 Å². The highest BCUT2D eigenvalue weighted by atomic mass is 35.5. The average molecular weight is 314 g/mol. The largest absolute Gasteiger partial charge is 0.365 e. The summed E-state index contributed by atoms with van der Waals surface area (Å²) in [5, 5.41) is 4.30. The first-order chi connectivity index (χ1) is 9.93. The molecular weight excluding hydrogens is 290 g/mol. The van der Waals surface area contributed by atoms with E-state index in [0.29, 0.717) is 17.8 Å². The zero-order valence-electron chi connectivity index (χ0n) is 12.7. The Hall–Kier alpha value is -1.14. The monoisotopic (exact) mass is 313 g/mol. The lowest BCUT2D eigenvalue weighted by Gasteiger charge is -2.50. The lowest BCUT2D eigenvalue weighted by molar-refractivity contribution is -0.122. The second kappa shape index (κ2) is 5.25. The van der Waals surface area contributed by atoms with Crippen LogP contribution in [0.25, 0.3) is 0 Å². The van der Waals surface area contributed by atoms with E-state index in [-0.39, 0.29) is 5.91 Å². The maximum atomic E-state index is 12.4. The number of nitrogens with zero attached hydrogens (tertiary/aromatic N) is 2. The summed E-state index contributed by atoms with van der Waals surface area (Å²) in [5.74, 6) is 0.588. The molecule has 3 aliphatic rings. The lowest BCUT2D eigenvalue weighted by Crippen LogP contribution is -2.70. The summed E-state index contributed by atoms with van der Waals surface area (Å²) >= 11 is 6.15. The van der Waals surface area contributed by atoms with Crippen LogP contribution in [0.1, 0.15) is 39.0 Å². The Morgan fingerprint density at radius 1 is 1.38 bits per heavy atom. The Morgan fingerprint density at radius 3 is 2.67 bits per heavy atom. The summed E-state index contributed by atoms with van der Waals surface area (Å²) in [7, 11) is 1.95. The lowest BCUT2D eigenvalue weighted by atomic mass is 10.0. The third-order valence-corrected chi connectivity index (χ3v) is 4.93. The van der Waals surface area contributed by atoms with Crippen LogP contribution in [0.2, 0.25) is 0 Å². The van der Waals surface area contributed by atoms with Crippen LogP contribution in [0.15, 0.2) is 11.5 Å². The van der Waals surface area contributed by atoms with Gasteiger partial charge in [0, 0.05) is 25.7 Å². The van der Waals surface area contributed by atoms with Crippen molar-refractivity contribution in [2.24, 2.45) is 5.73 Å². The van der Waals surface area contributed by atoms with Gasteiger partial charge in [0.1, 0.15) is 11.5 Å². The molecule has 118 valence electrons. The van der Waals surface area contributed by atoms with Gasteiger partial charge >= 0.3 is 0 Å². The highest BCUT2D eigenvalue weighted by Crippen LogP contribution is 2.35. The van der Waals surface area contributed by atoms with Crippen molar-refractivity contribution in [3.05, 3.63) is 11.5 Å². The number of amides is 1. The van der Waals surface area contributed by atoms with Gasteiger partial charge in [-0.25, -0.2) is 0 Å². The Morgan fingerprint density at radius 2 is 2.05 bits per heavy atom. The number of hydrogen-bond acceptors (Lipinski definition) is 5. The summed E-state index contributed by atoms with van der Waals surface area (Å²) in [6.45, 7) is 3.03. The highest BCUT2D eigenvalue weighted by molar-refractivity contribution is 6.24. The third kappa shape index (κ3) is 2.55. The maximum absolute atomic E-state index is 12.4. The molecule has 0 aromatic heterocycles. The molecule has 0 saturated heterocycles. The molecule has 1 fully saturated rings. The summed E-state index contributed by atoms with van der Waals surface area (Å²) in [5.41, 5.74) is 6.56. The van der Waals surface area contributed by atoms with E-state index in [1.165, 1.54) is 25.7 Å². The molecule has 0 spiro atoms. The number of rotatable bonds is 2. The van der Waals surface area contributed by atoms with Crippen LogP contribution in [0.4, 0.5) is 0 Å². The Bertz CT molecular complexity index is 472. The van der Waals surface area contributed by atoms with Gasteiger partial charge in [-0.1, -0.05) is 31.4 Å². The fourth-order valence-corrected chi connectivity index (χ4v) is 3.98. The van der Waals surface area contributed by atoms with Gasteiger partial charge in [0.15, 0.2) is 0 Å². The molecule has 2 heterocycles. The minimum Gasteiger partial charge on any atom is -0.365 e. The molecule has 1 saturated carbocycles. The van der Waals surface area contributed by atoms with Gasteiger partial charge in [0.25, 0.3) is 5.91 Å². The average Bonchev–Trinajstić information content (AvgIpc) is 2.89. The number of nitrogens with one attached hydrogen (secondary N) is 2. The van der Waals surface area contributed by atoms with E-state index in [1.54, 1.807) is 0 Å². The quantitative estimate of drug-likeness (QED) is 0.516. The van der Waals surface area contributed by atoms with Crippen LogP contribution >= 0.6 is 11.6 Å². The molecule has 2 atom stereocenters. The molecule has 1 aliphatic carbocycles. The second-order valence-electron chi connectivity index (χ2n) is 6.28. The molecule has 7 heteroatoms. The van der Waals surface area contributed by atoms with E-state index < -0.39 is 5.25 Å². The molecular formula is C14H24ClN5O. The van der Waals surface area contributed by atoms with Gasteiger partial charge in [-0.3, -0.25) is 10.5 Å². The molecule has 21 heavy (non-hydrogen) atoms. The number of alkyl halides is 1. The normalized spacial score (nSPS) is 33.9. The zero-order valence-corrected chi connectivity index (χ0v) is 13.4. The first kappa shape index (κ1) is 14.8. The van der Waals surface area contributed by atoms with Crippen LogP contribution < -0.4 is 16.4 Å². The Kier molecular flexibility index (Phi) is 3.69. The topological polar surface area (TPSA) is 73.6 Å². The predicted molar refractivity (Wildman–Crippen MR) is 81.9 cm³/mol. The first-order valence-corrected chi connectivity index (χ1v) is 8.13. The predicted octanol–water partition coefficient (Wildman–Crippen LogP) is 0.652. The summed E-state index contributed by atoms with van der Waals surface area (Å²) in [6.07, 6.45) is 5.86. The molecule has 6 nitrogen and oxygen atoms in total. The van der Waals surface area contributed by atoms with Crippen molar-refractivity contribution in [3.8, 4) is 0 Å².